The fourth-order valence-electron chi connectivity index (χ4n) is 2.39. The molecular weight excluding hydrogens is 214 g/mol. The first kappa shape index (κ1) is 12.3. The van der Waals surface area contributed by atoms with E-state index in [0.717, 1.165) is 24.5 Å². The van der Waals surface area contributed by atoms with Crippen LogP contribution in [0.4, 0.5) is 5.82 Å². The van der Waals surface area contributed by atoms with Gasteiger partial charge in [-0.15, -0.1) is 0 Å². The smallest absolute Gasteiger partial charge is 0.133 e. The summed E-state index contributed by atoms with van der Waals surface area (Å²) in [5, 5.41) is 0. The van der Waals surface area contributed by atoms with Gasteiger partial charge in [0, 0.05) is 30.7 Å². The van der Waals surface area contributed by atoms with Crippen molar-refractivity contribution in [2.75, 3.05) is 18.9 Å². The fraction of sp³-hybridized carbons (Fsp3) is 0.692. The lowest BCUT2D eigenvalue weighted by Crippen LogP contribution is -2.08. The van der Waals surface area contributed by atoms with Crippen LogP contribution in [-0.4, -0.2) is 23.2 Å². The highest BCUT2D eigenvalue weighted by Gasteiger charge is 2.19. The van der Waals surface area contributed by atoms with E-state index in [1.54, 1.807) is 0 Å². The molecule has 0 spiro atoms. The highest BCUT2D eigenvalue weighted by atomic mass is 16.5. The van der Waals surface area contributed by atoms with Gasteiger partial charge in [-0.2, -0.15) is 0 Å². The first-order valence-corrected chi connectivity index (χ1v) is 6.50. The van der Waals surface area contributed by atoms with Crippen LogP contribution in [-0.2, 0) is 11.2 Å². The maximum Gasteiger partial charge on any atom is 0.133 e. The Labute approximate surface area is 103 Å². The van der Waals surface area contributed by atoms with Crippen molar-refractivity contribution >= 4 is 5.82 Å². The molecule has 1 aliphatic rings. The van der Waals surface area contributed by atoms with Crippen molar-refractivity contribution in [1.82, 2.24) is 9.97 Å². The molecule has 0 aliphatic heterocycles. The van der Waals surface area contributed by atoms with Crippen molar-refractivity contribution in [1.29, 1.82) is 0 Å². The quantitative estimate of drug-likeness (QED) is 0.795. The van der Waals surface area contributed by atoms with Gasteiger partial charge in [0.25, 0.3) is 0 Å². The number of hydrogen-bond acceptors (Lipinski definition) is 4. The van der Waals surface area contributed by atoms with Gasteiger partial charge in [-0.05, 0) is 19.8 Å². The number of rotatable bonds is 5. The number of ether oxygens (including phenoxy) is 1. The maximum atomic E-state index is 5.84. The monoisotopic (exact) mass is 235 g/mol. The number of anilines is 1. The van der Waals surface area contributed by atoms with E-state index in [4.69, 9.17) is 10.5 Å². The molecule has 0 bridgehead atoms. The number of hydrogen-bond donors (Lipinski definition) is 1. The second-order valence-electron chi connectivity index (χ2n) is 4.56. The summed E-state index contributed by atoms with van der Waals surface area (Å²) >= 11 is 0. The Morgan fingerprint density at radius 3 is 2.82 bits per heavy atom. The minimum absolute atomic E-state index is 0.589. The van der Waals surface area contributed by atoms with E-state index < -0.39 is 0 Å². The largest absolute Gasteiger partial charge is 0.384 e. The van der Waals surface area contributed by atoms with Gasteiger partial charge in [0.1, 0.15) is 11.6 Å². The molecule has 2 rings (SSSR count). The molecule has 1 aromatic rings. The van der Waals surface area contributed by atoms with Crippen molar-refractivity contribution in [2.24, 2.45) is 0 Å². The Hall–Kier alpha value is -1.16. The molecule has 1 aromatic heterocycles. The fourth-order valence-corrected chi connectivity index (χ4v) is 2.39. The lowest BCUT2D eigenvalue weighted by molar-refractivity contribution is 0.149. The molecule has 4 nitrogen and oxygen atoms in total. The summed E-state index contributed by atoms with van der Waals surface area (Å²) in [5.41, 5.74) is 6.97. The summed E-state index contributed by atoms with van der Waals surface area (Å²) in [6.45, 7) is 3.39. The van der Waals surface area contributed by atoms with Gasteiger partial charge in [0.2, 0.25) is 0 Å². The highest BCUT2D eigenvalue weighted by molar-refractivity contribution is 5.31. The van der Waals surface area contributed by atoms with Crippen molar-refractivity contribution in [3.8, 4) is 0 Å². The third-order valence-corrected chi connectivity index (χ3v) is 3.26. The molecule has 0 atom stereocenters. The van der Waals surface area contributed by atoms with Crippen LogP contribution in [0.3, 0.4) is 0 Å². The first-order valence-electron chi connectivity index (χ1n) is 6.50. The van der Waals surface area contributed by atoms with Gasteiger partial charge in [0.15, 0.2) is 0 Å². The summed E-state index contributed by atoms with van der Waals surface area (Å²) < 4.78 is 5.32. The molecule has 1 heterocycles. The Bertz CT molecular complexity index is 362. The number of aromatic nitrogens is 2. The lowest BCUT2D eigenvalue weighted by Gasteiger charge is -2.11. The third-order valence-electron chi connectivity index (χ3n) is 3.26. The zero-order valence-corrected chi connectivity index (χ0v) is 10.5. The molecule has 17 heavy (non-hydrogen) atoms. The van der Waals surface area contributed by atoms with Crippen LogP contribution in [0.25, 0.3) is 0 Å². The van der Waals surface area contributed by atoms with Crippen LogP contribution in [0, 0.1) is 0 Å². The van der Waals surface area contributed by atoms with Crippen LogP contribution in [0.15, 0.2) is 6.07 Å². The summed E-state index contributed by atoms with van der Waals surface area (Å²) in [6.07, 6.45) is 5.84. The summed E-state index contributed by atoms with van der Waals surface area (Å²) in [5.74, 6) is 2.00. The topological polar surface area (TPSA) is 61.0 Å². The van der Waals surface area contributed by atoms with Crippen LogP contribution >= 0.6 is 0 Å². The summed E-state index contributed by atoms with van der Waals surface area (Å²) in [6, 6.07) is 1.93. The van der Waals surface area contributed by atoms with Crippen molar-refractivity contribution < 1.29 is 4.74 Å². The zero-order valence-electron chi connectivity index (χ0n) is 10.5. The van der Waals surface area contributed by atoms with Gasteiger partial charge in [-0.3, -0.25) is 0 Å². The van der Waals surface area contributed by atoms with Crippen molar-refractivity contribution in [2.45, 2.75) is 44.9 Å². The lowest BCUT2D eigenvalue weighted by atomic mass is 10.0. The minimum atomic E-state index is 0.589. The van der Waals surface area contributed by atoms with E-state index in [0.29, 0.717) is 18.3 Å². The Morgan fingerprint density at radius 2 is 2.12 bits per heavy atom. The Balaban J connectivity index is 2.05. The van der Waals surface area contributed by atoms with E-state index in [1.807, 2.05) is 13.0 Å². The average Bonchev–Trinajstić information content (AvgIpc) is 2.82. The second-order valence-corrected chi connectivity index (χ2v) is 4.56. The molecule has 0 unspecified atom stereocenters. The molecule has 2 N–H and O–H groups in total. The zero-order chi connectivity index (χ0) is 12.1. The molecular formula is C13H21N3O. The Morgan fingerprint density at radius 1 is 1.35 bits per heavy atom. The van der Waals surface area contributed by atoms with Crippen molar-refractivity contribution in [3.05, 3.63) is 17.6 Å². The number of nitrogens with two attached hydrogens (primary N) is 1. The first-order chi connectivity index (χ1) is 8.29. The third kappa shape index (κ3) is 3.40. The molecule has 0 aromatic carbocycles. The van der Waals surface area contributed by atoms with Gasteiger partial charge < -0.3 is 10.5 Å². The molecule has 1 fully saturated rings. The van der Waals surface area contributed by atoms with Gasteiger partial charge in [-0.25, -0.2) is 9.97 Å². The van der Waals surface area contributed by atoms with E-state index in [9.17, 15) is 0 Å². The normalized spacial score (nSPS) is 16.5. The number of nitrogen functional groups attached to an aromatic ring is 1. The van der Waals surface area contributed by atoms with Crippen LogP contribution in [0.2, 0.25) is 0 Å². The molecule has 4 heteroatoms. The van der Waals surface area contributed by atoms with Crippen LogP contribution in [0.5, 0.6) is 0 Å². The molecule has 0 saturated heterocycles. The standard InChI is InChI=1S/C13H21N3O/c1-2-17-8-7-13-15-11(9-12(14)16-13)10-5-3-4-6-10/h9-10H,2-8H2,1H3,(H2,14,15,16). The Kier molecular flexibility index (Phi) is 4.31. The summed E-state index contributed by atoms with van der Waals surface area (Å²) in [4.78, 5) is 8.88. The maximum absolute atomic E-state index is 5.84. The molecule has 1 saturated carbocycles. The van der Waals surface area contributed by atoms with Gasteiger partial charge in [-0.1, -0.05) is 12.8 Å². The van der Waals surface area contributed by atoms with E-state index >= 15 is 0 Å². The summed E-state index contributed by atoms with van der Waals surface area (Å²) in [7, 11) is 0. The van der Waals surface area contributed by atoms with E-state index in [2.05, 4.69) is 9.97 Å². The second kappa shape index (κ2) is 5.96. The van der Waals surface area contributed by atoms with E-state index in [-0.39, 0.29) is 0 Å². The SMILES string of the molecule is CCOCCc1nc(N)cc(C2CCCC2)n1. The molecule has 94 valence electrons. The molecule has 1 aliphatic carbocycles. The number of nitrogens with zero attached hydrogens (tertiary/aromatic N) is 2. The average molecular weight is 235 g/mol. The minimum Gasteiger partial charge on any atom is -0.384 e. The predicted molar refractivity (Wildman–Crippen MR) is 67.9 cm³/mol. The van der Waals surface area contributed by atoms with Crippen LogP contribution in [0.1, 0.15) is 50.0 Å². The van der Waals surface area contributed by atoms with E-state index in [1.165, 1.54) is 25.7 Å². The predicted octanol–water partition coefficient (Wildman–Crippen LogP) is 2.30. The molecule has 0 amide bonds. The molecule has 0 radical (unpaired) electrons. The van der Waals surface area contributed by atoms with Crippen LogP contribution < -0.4 is 5.73 Å². The van der Waals surface area contributed by atoms with Gasteiger partial charge in [0.05, 0.1) is 6.61 Å². The highest BCUT2D eigenvalue weighted by Crippen LogP contribution is 2.33. The van der Waals surface area contributed by atoms with Gasteiger partial charge >= 0.3 is 0 Å². The van der Waals surface area contributed by atoms with Crippen molar-refractivity contribution in [3.63, 3.8) is 0 Å².